The summed E-state index contributed by atoms with van der Waals surface area (Å²) in [6.45, 7) is 1.82. The average Bonchev–Trinajstić information content (AvgIpc) is 2.79. The standard InChI is InChI=1S/C16H13ClFNO2/c1-8-2-3-13(18)11(4-8)16(21)10-5-9-6-15(20)19-14(9)7-12(10)17/h2-5,7,16,21H,6H2,1H3,(H,19,20). The van der Waals surface area contributed by atoms with Crippen LogP contribution in [0.1, 0.15) is 28.4 Å². The van der Waals surface area contributed by atoms with Gasteiger partial charge in [0.2, 0.25) is 5.91 Å². The third-order valence-electron chi connectivity index (χ3n) is 3.59. The van der Waals surface area contributed by atoms with Crippen molar-refractivity contribution in [1.29, 1.82) is 0 Å². The molecule has 21 heavy (non-hydrogen) atoms. The lowest BCUT2D eigenvalue weighted by molar-refractivity contribution is -0.115. The van der Waals surface area contributed by atoms with Crippen LogP contribution in [0.5, 0.6) is 0 Å². The van der Waals surface area contributed by atoms with Gasteiger partial charge >= 0.3 is 0 Å². The number of halogens is 2. The molecule has 3 rings (SSSR count). The maximum Gasteiger partial charge on any atom is 0.228 e. The number of aliphatic hydroxyl groups excluding tert-OH is 1. The van der Waals surface area contributed by atoms with Crippen LogP contribution in [0, 0.1) is 12.7 Å². The Kier molecular flexibility index (Phi) is 3.43. The van der Waals surface area contributed by atoms with Crippen LogP contribution in [-0.2, 0) is 11.2 Å². The van der Waals surface area contributed by atoms with Crippen molar-refractivity contribution in [3.05, 3.63) is 63.4 Å². The fourth-order valence-electron chi connectivity index (χ4n) is 2.52. The van der Waals surface area contributed by atoms with E-state index in [9.17, 15) is 14.3 Å². The van der Waals surface area contributed by atoms with Crippen LogP contribution in [0.3, 0.4) is 0 Å². The molecule has 0 saturated heterocycles. The zero-order chi connectivity index (χ0) is 15.1. The predicted molar refractivity (Wildman–Crippen MR) is 79.0 cm³/mol. The van der Waals surface area contributed by atoms with E-state index in [-0.39, 0.29) is 17.9 Å². The lowest BCUT2D eigenvalue weighted by atomic mass is 9.97. The number of aryl methyl sites for hydroxylation is 1. The number of benzene rings is 2. The quantitative estimate of drug-likeness (QED) is 0.894. The maximum atomic E-state index is 13.9. The number of anilines is 1. The SMILES string of the molecule is Cc1ccc(F)c(C(O)c2cc3c(cc2Cl)NC(=O)C3)c1. The minimum absolute atomic E-state index is 0.116. The molecule has 5 heteroatoms. The third kappa shape index (κ3) is 2.52. The van der Waals surface area contributed by atoms with Crippen molar-refractivity contribution in [2.75, 3.05) is 5.32 Å². The Morgan fingerprint density at radius 2 is 2.05 bits per heavy atom. The largest absolute Gasteiger partial charge is 0.383 e. The molecule has 108 valence electrons. The first-order valence-electron chi connectivity index (χ1n) is 6.52. The van der Waals surface area contributed by atoms with Gasteiger partial charge in [0, 0.05) is 21.8 Å². The van der Waals surface area contributed by atoms with Crippen LogP contribution in [0.25, 0.3) is 0 Å². The van der Waals surface area contributed by atoms with E-state index in [1.165, 1.54) is 6.07 Å². The lowest BCUT2D eigenvalue weighted by Crippen LogP contribution is -2.04. The zero-order valence-electron chi connectivity index (χ0n) is 11.3. The van der Waals surface area contributed by atoms with Gasteiger partial charge in [-0.1, -0.05) is 29.3 Å². The third-order valence-corrected chi connectivity index (χ3v) is 3.92. The molecule has 0 spiro atoms. The van der Waals surface area contributed by atoms with Crippen molar-refractivity contribution >= 4 is 23.2 Å². The van der Waals surface area contributed by atoms with Gasteiger partial charge in [-0.2, -0.15) is 0 Å². The predicted octanol–water partition coefficient (Wildman–Crippen LogP) is 3.36. The maximum absolute atomic E-state index is 13.9. The average molecular weight is 306 g/mol. The topological polar surface area (TPSA) is 49.3 Å². The van der Waals surface area contributed by atoms with Gasteiger partial charge in [0.1, 0.15) is 11.9 Å². The summed E-state index contributed by atoms with van der Waals surface area (Å²) in [5.41, 5.74) is 2.82. The Labute approximate surface area is 126 Å². The van der Waals surface area contributed by atoms with Crippen LogP contribution >= 0.6 is 11.6 Å². The smallest absolute Gasteiger partial charge is 0.228 e. The Morgan fingerprint density at radius 3 is 2.81 bits per heavy atom. The molecule has 0 radical (unpaired) electrons. The number of hydrogen-bond donors (Lipinski definition) is 2. The van der Waals surface area contributed by atoms with Crippen LogP contribution in [-0.4, -0.2) is 11.0 Å². The summed E-state index contributed by atoms with van der Waals surface area (Å²) >= 11 is 6.16. The molecule has 1 atom stereocenters. The van der Waals surface area contributed by atoms with Crippen molar-refractivity contribution in [3.8, 4) is 0 Å². The van der Waals surface area contributed by atoms with Gasteiger partial charge in [0.05, 0.1) is 6.42 Å². The molecular formula is C16H13ClFNO2. The summed E-state index contributed by atoms with van der Waals surface area (Å²) in [5.74, 6) is -0.603. The van der Waals surface area contributed by atoms with Gasteiger partial charge in [0.25, 0.3) is 0 Å². The molecule has 2 N–H and O–H groups in total. The number of aliphatic hydroxyl groups is 1. The highest BCUT2D eigenvalue weighted by Gasteiger charge is 2.24. The molecule has 1 heterocycles. The van der Waals surface area contributed by atoms with Gasteiger partial charge in [-0.05, 0) is 30.7 Å². The molecule has 1 aliphatic rings. The van der Waals surface area contributed by atoms with Gasteiger partial charge in [-0.15, -0.1) is 0 Å². The summed E-state index contributed by atoms with van der Waals surface area (Å²) in [5, 5.41) is 13.4. The van der Waals surface area contributed by atoms with E-state index in [1.807, 2.05) is 6.92 Å². The van der Waals surface area contributed by atoms with Crippen molar-refractivity contribution in [3.63, 3.8) is 0 Å². The first-order valence-corrected chi connectivity index (χ1v) is 6.90. The zero-order valence-corrected chi connectivity index (χ0v) is 12.0. The summed E-state index contributed by atoms with van der Waals surface area (Å²) < 4.78 is 13.9. The number of amides is 1. The number of fused-ring (bicyclic) bond motifs is 1. The summed E-state index contributed by atoms with van der Waals surface area (Å²) in [6.07, 6.45) is -0.930. The highest BCUT2D eigenvalue weighted by Crippen LogP contribution is 2.36. The monoisotopic (exact) mass is 305 g/mol. The Hall–Kier alpha value is -1.91. The number of nitrogens with one attached hydrogen (secondary N) is 1. The molecule has 1 amide bonds. The summed E-state index contributed by atoms with van der Waals surface area (Å²) in [7, 11) is 0. The highest BCUT2D eigenvalue weighted by molar-refractivity contribution is 6.32. The van der Waals surface area contributed by atoms with E-state index >= 15 is 0 Å². The molecule has 3 nitrogen and oxygen atoms in total. The minimum Gasteiger partial charge on any atom is -0.383 e. The number of carbonyl (C=O) groups excluding carboxylic acids is 1. The molecule has 1 aliphatic heterocycles. The fourth-order valence-corrected chi connectivity index (χ4v) is 2.78. The van der Waals surface area contributed by atoms with Gasteiger partial charge in [0.15, 0.2) is 0 Å². The Bertz CT molecular complexity index is 745. The Morgan fingerprint density at radius 1 is 1.29 bits per heavy atom. The lowest BCUT2D eigenvalue weighted by Gasteiger charge is -2.16. The highest BCUT2D eigenvalue weighted by atomic mass is 35.5. The second kappa shape index (κ2) is 5.13. The van der Waals surface area contributed by atoms with Crippen LogP contribution in [0.2, 0.25) is 5.02 Å². The number of carbonyl (C=O) groups is 1. The summed E-state index contributed by atoms with van der Waals surface area (Å²) in [4.78, 5) is 11.4. The van der Waals surface area contributed by atoms with Crippen molar-refractivity contribution in [2.45, 2.75) is 19.4 Å². The fraction of sp³-hybridized carbons (Fsp3) is 0.188. The van der Waals surface area contributed by atoms with E-state index in [1.54, 1.807) is 24.3 Å². The minimum atomic E-state index is -1.17. The van der Waals surface area contributed by atoms with E-state index in [2.05, 4.69) is 5.32 Å². The molecule has 0 bridgehead atoms. The normalized spacial score (nSPS) is 14.8. The van der Waals surface area contributed by atoms with E-state index < -0.39 is 11.9 Å². The van der Waals surface area contributed by atoms with E-state index in [0.29, 0.717) is 16.3 Å². The van der Waals surface area contributed by atoms with E-state index in [4.69, 9.17) is 11.6 Å². The molecule has 2 aromatic carbocycles. The first-order chi connectivity index (χ1) is 9.95. The molecule has 0 fully saturated rings. The first kappa shape index (κ1) is 14.0. The second-order valence-electron chi connectivity index (χ2n) is 5.18. The molecule has 2 aromatic rings. The van der Waals surface area contributed by atoms with Crippen molar-refractivity contribution < 1.29 is 14.3 Å². The van der Waals surface area contributed by atoms with Crippen LogP contribution in [0.4, 0.5) is 10.1 Å². The van der Waals surface area contributed by atoms with Crippen molar-refractivity contribution in [1.82, 2.24) is 0 Å². The molecule has 0 aromatic heterocycles. The van der Waals surface area contributed by atoms with Crippen molar-refractivity contribution in [2.24, 2.45) is 0 Å². The van der Waals surface area contributed by atoms with Gasteiger partial charge < -0.3 is 10.4 Å². The van der Waals surface area contributed by atoms with Crippen LogP contribution in [0.15, 0.2) is 30.3 Å². The molecular weight excluding hydrogens is 293 g/mol. The molecule has 0 saturated carbocycles. The second-order valence-corrected chi connectivity index (χ2v) is 5.59. The summed E-state index contributed by atoms with van der Waals surface area (Å²) in [6, 6.07) is 7.79. The van der Waals surface area contributed by atoms with E-state index in [0.717, 1.165) is 11.1 Å². The van der Waals surface area contributed by atoms with Gasteiger partial charge in [-0.3, -0.25) is 4.79 Å². The Balaban J connectivity index is 2.06. The van der Waals surface area contributed by atoms with Gasteiger partial charge in [-0.25, -0.2) is 4.39 Å². The number of rotatable bonds is 2. The molecule has 1 unspecified atom stereocenters. The molecule has 0 aliphatic carbocycles. The van der Waals surface area contributed by atoms with Crippen LogP contribution < -0.4 is 5.32 Å². The number of hydrogen-bond acceptors (Lipinski definition) is 2.